The molecule has 0 atom stereocenters. The van der Waals surface area contributed by atoms with Crippen molar-refractivity contribution in [1.82, 2.24) is 19.5 Å². The quantitative estimate of drug-likeness (QED) is 0.491. The molecule has 3 rings (SSSR count). The Kier molecular flexibility index (Phi) is 8.28. The highest BCUT2D eigenvalue weighted by molar-refractivity contribution is 7.90. The molecule has 2 aromatic rings. The molecule has 10 nitrogen and oxygen atoms in total. The lowest BCUT2D eigenvalue weighted by atomic mass is 10.1. The van der Waals surface area contributed by atoms with Crippen LogP contribution >= 0.6 is 0 Å². The number of nitrogens with one attached hydrogen (secondary N) is 1. The molecule has 1 N–H and O–H groups in total. The van der Waals surface area contributed by atoms with Crippen LogP contribution in [0.3, 0.4) is 0 Å². The summed E-state index contributed by atoms with van der Waals surface area (Å²) in [5.74, 6) is -0.668. The Morgan fingerprint density at radius 1 is 1.19 bits per heavy atom. The Hall–Kier alpha value is -3.55. The van der Waals surface area contributed by atoms with E-state index in [-0.39, 0.29) is 30.4 Å². The number of alkyl halides is 3. The van der Waals surface area contributed by atoms with Crippen molar-refractivity contribution in [2.45, 2.75) is 37.6 Å². The number of sulfonamides is 1. The van der Waals surface area contributed by atoms with E-state index in [1.807, 2.05) is 6.92 Å². The lowest BCUT2D eigenvalue weighted by molar-refractivity contribution is -0.274. The Bertz CT molecular complexity index is 1210. The van der Waals surface area contributed by atoms with Crippen molar-refractivity contribution < 1.29 is 40.7 Å². The van der Waals surface area contributed by atoms with Crippen LogP contribution in [0.1, 0.15) is 25.3 Å². The van der Waals surface area contributed by atoms with Crippen LogP contribution in [0.25, 0.3) is 11.3 Å². The number of rotatable bonds is 9. The van der Waals surface area contributed by atoms with Crippen molar-refractivity contribution in [2.24, 2.45) is 0 Å². The van der Waals surface area contributed by atoms with Gasteiger partial charge in [0.25, 0.3) is 10.0 Å². The molecule has 0 unspecified atom stereocenters. The maximum Gasteiger partial charge on any atom is 0.573 e. The zero-order chi connectivity index (χ0) is 26.5. The fraction of sp³-hybridized carbons (Fsp3) is 0.409. The second kappa shape index (κ2) is 11.0. The number of pyridine rings is 1. The first-order valence-corrected chi connectivity index (χ1v) is 12.4. The Labute approximate surface area is 206 Å². The molecule has 1 aromatic carbocycles. The first-order chi connectivity index (χ1) is 16.9. The summed E-state index contributed by atoms with van der Waals surface area (Å²) < 4.78 is 74.6. The maximum atomic E-state index is 12.9. The second-order valence-electron chi connectivity index (χ2n) is 7.98. The van der Waals surface area contributed by atoms with Gasteiger partial charge in [0.2, 0.25) is 0 Å². The topological polar surface area (TPSA) is 118 Å². The average Bonchev–Trinajstić information content (AvgIpc) is 3.10. The van der Waals surface area contributed by atoms with Gasteiger partial charge < -0.3 is 19.3 Å². The molecule has 14 heteroatoms. The number of halogens is 3. The van der Waals surface area contributed by atoms with E-state index >= 15 is 0 Å². The minimum atomic E-state index is -5.01. The molecule has 196 valence electrons. The number of ether oxygens (including phenoxy) is 2. The van der Waals surface area contributed by atoms with Crippen LogP contribution in [0.5, 0.6) is 5.75 Å². The molecular formula is C22H25F3N4O6S. The lowest BCUT2D eigenvalue weighted by Gasteiger charge is -2.17. The van der Waals surface area contributed by atoms with Crippen LogP contribution in [-0.4, -0.2) is 68.4 Å². The molecule has 1 aromatic heterocycles. The summed E-state index contributed by atoms with van der Waals surface area (Å²) in [7, 11) is -2.86. The maximum absolute atomic E-state index is 12.9. The van der Waals surface area contributed by atoms with Crippen LogP contribution in [0.15, 0.2) is 41.4 Å². The van der Waals surface area contributed by atoms with Crippen LogP contribution in [-0.2, 0) is 21.3 Å². The van der Waals surface area contributed by atoms with Crippen LogP contribution in [0.2, 0.25) is 0 Å². The summed E-state index contributed by atoms with van der Waals surface area (Å²) in [6.45, 7) is 3.21. The molecule has 0 spiro atoms. The smallest absolute Gasteiger partial charge is 0.449 e. The molecule has 36 heavy (non-hydrogen) atoms. The zero-order valence-electron chi connectivity index (χ0n) is 19.5. The highest BCUT2D eigenvalue weighted by atomic mass is 32.2. The molecule has 1 aliphatic rings. The van der Waals surface area contributed by atoms with E-state index in [9.17, 15) is 31.2 Å². The number of urea groups is 1. The fourth-order valence-corrected chi connectivity index (χ4v) is 4.48. The van der Waals surface area contributed by atoms with Crippen molar-refractivity contribution >= 4 is 22.1 Å². The number of aromatic nitrogens is 1. The van der Waals surface area contributed by atoms with Crippen molar-refractivity contribution in [3.63, 3.8) is 0 Å². The largest absolute Gasteiger partial charge is 0.573 e. The predicted molar refractivity (Wildman–Crippen MR) is 121 cm³/mol. The number of hydrogen-bond acceptors (Lipinski definition) is 7. The van der Waals surface area contributed by atoms with Gasteiger partial charge in [-0.25, -0.2) is 22.7 Å². The third-order valence-electron chi connectivity index (χ3n) is 5.20. The molecule has 0 aliphatic carbocycles. The van der Waals surface area contributed by atoms with Gasteiger partial charge in [-0.2, -0.15) is 0 Å². The van der Waals surface area contributed by atoms with Gasteiger partial charge in [0.15, 0.2) is 0 Å². The van der Waals surface area contributed by atoms with Gasteiger partial charge in [0.05, 0.1) is 17.2 Å². The molecule has 1 saturated heterocycles. The van der Waals surface area contributed by atoms with E-state index in [1.165, 1.54) is 12.3 Å². The molecule has 1 fully saturated rings. The number of benzene rings is 1. The van der Waals surface area contributed by atoms with Gasteiger partial charge in [-0.3, -0.25) is 4.98 Å². The van der Waals surface area contributed by atoms with E-state index < -0.39 is 33.1 Å². The molecule has 1 aliphatic heterocycles. The predicted octanol–water partition coefficient (Wildman–Crippen LogP) is 3.73. The first-order valence-electron chi connectivity index (χ1n) is 10.9. The van der Waals surface area contributed by atoms with Crippen molar-refractivity contribution in [3.8, 4) is 17.0 Å². The monoisotopic (exact) mass is 530 g/mol. The van der Waals surface area contributed by atoms with Crippen molar-refractivity contribution in [1.29, 1.82) is 0 Å². The third-order valence-corrected chi connectivity index (χ3v) is 6.57. The van der Waals surface area contributed by atoms with E-state index in [1.54, 1.807) is 27.6 Å². The molecule has 0 saturated carbocycles. The average molecular weight is 531 g/mol. The van der Waals surface area contributed by atoms with Gasteiger partial charge in [-0.15, -0.1) is 13.2 Å². The Morgan fingerprint density at radius 2 is 1.94 bits per heavy atom. The highest BCUT2D eigenvalue weighted by Gasteiger charge is 2.32. The van der Waals surface area contributed by atoms with Crippen LogP contribution < -0.4 is 9.46 Å². The van der Waals surface area contributed by atoms with E-state index in [2.05, 4.69) is 9.72 Å². The minimum absolute atomic E-state index is 0.00139. The van der Waals surface area contributed by atoms with E-state index in [4.69, 9.17) is 4.74 Å². The van der Waals surface area contributed by atoms with Gasteiger partial charge >= 0.3 is 18.5 Å². The molecule has 3 amide bonds. The number of amides is 3. The number of unbranched alkanes of at least 4 members (excludes halogenated alkanes) is 1. The van der Waals surface area contributed by atoms with Crippen LogP contribution in [0, 0.1) is 0 Å². The third kappa shape index (κ3) is 6.99. The number of hydrogen-bond donors (Lipinski definition) is 1. The van der Waals surface area contributed by atoms with Crippen LogP contribution in [0.4, 0.5) is 22.8 Å². The number of nitrogens with zero attached hydrogens (tertiary/aromatic N) is 3. The molecule has 2 heterocycles. The summed E-state index contributed by atoms with van der Waals surface area (Å²) in [5.41, 5.74) is 0.414. The van der Waals surface area contributed by atoms with Crippen molar-refractivity contribution in [2.75, 3.05) is 26.7 Å². The molecular weight excluding hydrogens is 505 g/mol. The fourth-order valence-electron chi connectivity index (χ4n) is 3.39. The van der Waals surface area contributed by atoms with Gasteiger partial charge in [-0.1, -0.05) is 19.4 Å². The normalized spacial score (nSPS) is 14.2. The van der Waals surface area contributed by atoms with Gasteiger partial charge in [-0.05, 0) is 36.2 Å². The summed E-state index contributed by atoms with van der Waals surface area (Å²) in [4.78, 5) is 30.9. The summed E-state index contributed by atoms with van der Waals surface area (Å²) in [6, 6.07) is 5.40. The molecule has 0 radical (unpaired) electrons. The summed E-state index contributed by atoms with van der Waals surface area (Å²) >= 11 is 0. The lowest BCUT2D eigenvalue weighted by Crippen LogP contribution is -2.31. The van der Waals surface area contributed by atoms with E-state index in [0.717, 1.165) is 24.6 Å². The zero-order valence-corrected chi connectivity index (χ0v) is 20.4. The number of carbonyl (C=O) groups excluding carboxylic acids is 2. The van der Waals surface area contributed by atoms with Gasteiger partial charge in [0, 0.05) is 38.4 Å². The molecule has 0 bridgehead atoms. The summed E-state index contributed by atoms with van der Waals surface area (Å²) in [6.07, 6.45) is -3.59. The number of carbonyl (C=O) groups is 2. The summed E-state index contributed by atoms with van der Waals surface area (Å²) in [5, 5.41) is 0. The van der Waals surface area contributed by atoms with Crippen molar-refractivity contribution in [3.05, 3.63) is 42.1 Å². The Balaban J connectivity index is 1.91. The highest BCUT2D eigenvalue weighted by Crippen LogP contribution is 2.32. The van der Waals surface area contributed by atoms with Gasteiger partial charge in [0.1, 0.15) is 5.75 Å². The minimum Gasteiger partial charge on any atom is -0.449 e. The SMILES string of the molecule is CCCCOC(=O)NS(=O)(=O)c1ccc(OC(F)(F)F)cc1-c1ccc(CN2CCN(C)C2=O)cn1. The Morgan fingerprint density at radius 3 is 2.53 bits per heavy atom. The number of likely N-dealkylation sites (N-methyl/N-ethyl adjacent to an activating group) is 1. The second-order valence-corrected chi connectivity index (χ2v) is 9.63. The van der Waals surface area contributed by atoms with E-state index in [0.29, 0.717) is 25.1 Å². The standard InChI is InChI=1S/C22H25F3N4O6S/c1-3-4-11-34-20(30)27-36(32,33)19-8-6-16(35-22(23,24)25)12-17(19)18-7-5-15(13-26-18)14-29-10-9-28(2)21(29)31/h5-8,12-13H,3-4,9-11,14H2,1-2H3,(H,27,30). The first kappa shape index (κ1) is 27.0.